The smallest absolute Gasteiger partial charge is 0.251 e. The Morgan fingerprint density at radius 3 is 2.75 bits per heavy atom. The minimum absolute atomic E-state index is 0.0319. The summed E-state index contributed by atoms with van der Waals surface area (Å²) in [6.45, 7) is 3.60. The molecule has 1 aromatic rings. The van der Waals surface area contributed by atoms with Gasteiger partial charge in [0.05, 0.1) is 7.11 Å². The van der Waals surface area contributed by atoms with Crippen LogP contribution in [0.2, 0.25) is 0 Å². The lowest BCUT2D eigenvalue weighted by Gasteiger charge is -2.37. The van der Waals surface area contributed by atoms with Crippen molar-refractivity contribution in [1.29, 1.82) is 0 Å². The number of piperidine rings is 1. The first-order valence-corrected chi connectivity index (χ1v) is 9.43. The summed E-state index contributed by atoms with van der Waals surface area (Å²) in [6, 6.07) is 7.73. The van der Waals surface area contributed by atoms with Crippen LogP contribution in [0.15, 0.2) is 24.3 Å². The number of likely N-dealkylation sites (tertiary alicyclic amines) is 1. The normalized spacial score (nSPS) is 25.2. The molecule has 2 aliphatic rings. The summed E-state index contributed by atoms with van der Waals surface area (Å²) in [4.78, 5) is 15.2. The summed E-state index contributed by atoms with van der Waals surface area (Å²) >= 11 is 0. The highest BCUT2D eigenvalue weighted by molar-refractivity contribution is 5.94. The molecule has 0 spiro atoms. The molecule has 1 heterocycles. The molecule has 132 valence electrons. The van der Waals surface area contributed by atoms with Crippen LogP contribution in [0.25, 0.3) is 0 Å². The van der Waals surface area contributed by atoms with Gasteiger partial charge >= 0.3 is 0 Å². The van der Waals surface area contributed by atoms with Gasteiger partial charge < -0.3 is 15.0 Å². The molecule has 0 unspecified atom stereocenters. The van der Waals surface area contributed by atoms with E-state index in [1.54, 1.807) is 7.11 Å². The highest BCUT2D eigenvalue weighted by Gasteiger charge is 2.28. The lowest BCUT2D eigenvalue weighted by Crippen LogP contribution is -2.47. The average Bonchev–Trinajstić information content (AvgIpc) is 2.64. The predicted octanol–water partition coefficient (Wildman–Crippen LogP) is 3.47. The highest BCUT2D eigenvalue weighted by atomic mass is 16.5. The lowest BCUT2D eigenvalue weighted by molar-refractivity contribution is 0.0877. The maximum Gasteiger partial charge on any atom is 0.251 e. The molecule has 1 saturated heterocycles. The topological polar surface area (TPSA) is 41.6 Å². The minimum atomic E-state index is 0.0319. The van der Waals surface area contributed by atoms with E-state index in [1.165, 1.54) is 51.6 Å². The molecule has 1 aliphatic carbocycles. The van der Waals surface area contributed by atoms with Crippen molar-refractivity contribution in [3.05, 3.63) is 29.8 Å². The molecule has 1 aromatic carbocycles. The largest absolute Gasteiger partial charge is 0.497 e. The number of rotatable bonds is 5. The fourth-order valence-corrected chi connectivity index (χ4v) is 4.11. The van der Waals surface area contributed by atoms with E-state index in [0.29, 0.717) is 17.5 Å². The van der Waals surface area contributed by atoms with Crippen LogP contribution in [-0.4, -0.2) is 43.6 Å². The van der Waals surface area contributed by atoms with E-state index in [1.807, 2.05) is 24.3 Å². The van der Waals surface area contributed by atoms with Gasteiger partial charge in [-0.2, -0.15) is 0 Å². The maximum atomic E-state index is 12.6. The summed E-state index contributed by atoms with van der Waals surface area (Å²) in [7, 11) is 1.63. The molecule has 2 fully saturated rings. The van der Waals surface area contributed by atoms with Gasteiger partial charge in [0.25, 0.3) is 5.91 Å². The van der Waals surface area contributed by atoms with E-state index in [2.05, 4.69) is 10.2 Å². The van der Waals surface area contributed by atoms with Crippen LogP contribution < -0.4 is 10.1 Å². The molecule has 1 aliphatic heterocycles. The Kier molecular flexibility index (Phi) is 6.13. The molecule has 1 amide bonds. The van der Waals surface area contributed by atoms with E-state index in [9.17, 15) is 4.79 Å². The molecule has 24 heavy (non-hydrogen) atoms. The fourth-order valence-electron chi connectivity index (χ4n) is 4.11. The Morgan fingerprint density at radius 1 is 1.17 bits per heavy atom. The number of ether oxygens (including phenoxy) is 1. The van der Waals surface area contributed by atoms with Gasteiger partial charge in [-0.1, -0.05) is 25.3 Å². The van der Waals surface area contributed by atoms with Crippen LogP contribution in [0.1, 0.15) is 55.3 Å². The fraction of sp³-hybridized carbons (Fsp3) is 0.650. The van der Waals surface area contributed by atoms with Gasteiger partial charge in [0.1, 0.15) is 5.75 Å². The Hall–Kier alpha value is -1.55. The molecular formula is C20H30N2O2. The summed E-state index contributed by atoms with van der Waals surface area (Å²) < 4.78 is 5.23. The van der Waals surface area contributed by atoms with Gasteiger partial charge in [-0.3, -0.25) is 4.79 Å². The Balaban J connectivity index is 1.61. The number of hydrogen-bond acceptors (Lipinski definition) is 3. The molecule has 1 N–H and O–H groups in total. The van der Waals surface area contributed by atoms with Crippen molar-refractivity contribution in [3.8, 4) is 5.75 Å². The molecular weight excluding hydrogens is 300 g/mol. The van der Waals surface area contributed by atoms with Crippen molar-refractivity contribution in [2.45, 2.75) is 51.0 Å². The van der Waals surface area contributed by atoms with Gasteiger partial charge in [0, 0.05) is 18.2 Å². The predicted molar refractivity (Wildman–Crippen MR) is 96.5 cm³/mol. The molecule has 1 saturated carbocycles. The summed E-state index contributed by atoms with van der Waals surface area (Å²) in [5.41, 5.74) is 0.691. The number of methoxy groups -OCH3 is 1. The van der Waals surface area contributed by atoms with Gasteiger partial charge in [0.15, 0.2) is 0 Å². The second kappa shape index (κ2) is 8.52. The third kappa shape index (κ3) is 4.50. The van der Waals surface area contributed by atoms with E-state index in [4.69, 9.17) is 4.74 Å². The quantitative estimate of drug-likeness (QED) is 0.899. The second-order valence-corrected chi connectivity index (χ2v) is 7.22. The molecule has 4 heteroatoms. The number of nitrogens with zero attached hydrogens (tertiary/aromatic N) is 1. The Labute approximate surface area is 145 Å². The second-order valence-electron chi connectivity index (χ2n) is 7.22. The monoisotopic (exact) mass is 330 g/mol. The third-order valence-electron chi connectivity index (χ3n) is 5.50. The van der Waals surface area contributed by atoms with Crippen LogP contribution >= 0.6 is 0 Å². The highest BCUT2D eigenvalue weighted by Crippen LogP contribution is 2.27. The molecule has 0 radical (unpaired) electrons. The van der Waals surface area contributed by atoms with Crippen LogP contribution in [-0.2, 0) is 0 Å². The summed E-state index contributed by atoms with van der Waals surface area (Å²) in [5, 5.41) is 3.30. The van der Waals surface area contributed by atoms with Crippen LogP contribution in [0.3, 0.4) is 0 Å². The molecule has 4 nitrogen and oxygen atoms in total. The molecule has 0 bridgehead atoms. The van der Waals surface area contributed by atoms with E-state index >= 15 is 0 Å². The third-order valence-corrected chi connectivity index (χ3v) is 5.50. The first-order valence-electron chi connectivity index (χ1n) is 9.43. The Morgan fingerprint density at radius 2 is 1.96 bits per heavy atom. The van der Waals surface area contributed by atoms with Gasteiger partial charge in [-0.15, -0.1) is 0 Å². The first kappa shape index (κ1) is 17.3. The van der Waals surface area contributed by atoms with Crippen molar-refractivity contribution in [1.82, 2.24) is 10.2 Å². The van der Waals surface area contributed by atoms with Gasteiger partial charge in [-0.05, 0) is 62.9 Å². The number of benzene rings is 1. The summed E-state index contributed by atoms with van der Waals surface area (Å²) in [6.07, 6.45) is 8.88. The zero-order chi connectivity index (χ0) is 16.8. The number of nitrogens with one attached hydrogen (secondary N) is 1. The van der Waals surface area contributed by atoms with Crippen LogP contribution in [0.5, 0.6) is 5.75 Å². The first-order chi connectivity index (χ1) is 11.8. The van der Waals surface area contributed by atoms with E-state index in [-0.39, 0.29) is 5.91 Å². The maximum absolute atomic E-state index is 12.6. The minimum Gasteiger partial charge on any atom is -0.497 e. The average molecular weight is 330 g/mol. The zero-order valence-corrected chi connectivity index (χ0v) is 14.8. The molecule has 0 aromatic heterocycles. The van der Waals surface area contributed by atoms with Crippen LogP contribution in [0.4, 0.5) is 0 Å². The SMILES string of the molecule is COc1cccc(C(=O)N[C@@H]2CCCC[C@H]2CN2CCCCC2)c1. The molecule has 3 rings (SSSR count). The number of amides is 1. The summed E-state index contributed by atoms with van der Waals surface area (Å²) in [5.74, 6) is 1.35. The van der Waals surface area contributed by atoms with Gasteiger partial charge in [0.2, 0.25) is 0 Å². The van der Waals surface area contributed by atoms with Crippen molar-refractivity contribution >= 4 is 5.91 Å². The number of hydrogen-bond donors (Lipinski definition) is 1. The Bertz CT molecular complexity index is 540. The standard InChI is InChI=1S/C20H30N2O2/c1-24-18-10-7-9-16(14-18)20(23)21-19-11-4-3-8-17(19)15-22-12-5-2-6-13-22/h7,9-10,14,17,19H,2-6,8,11-13,15H2,1H3,(H,21,23)/t17-,19+/m0/s1. The van der Waals surface area contributed by atoms with E-state index in [0.717, 1.165) is 18.7 Å². The molecule has 2 atom stereocenters. The number of carbonyl (C=O) groups is 1. The van der Waals surface area contributed by atoms with Crippen molar-refractivity contribution in [3.63, 3.8) is 0 Å². The van der Waals surface area contributed by atoms with Crippen LogP contribution in [0, 0.1) is 5.92 Å². The van der Waals surface area contributed by atoms with Crippen molar-refractivity contribution < 1.29 is 9.53 Å². The van der Waals surface area contributed by atoms with Crippen molar-refractivity contribution in [2.75, 3.05) is 26.7 Å². The van der Waals surface area contributed by atoms with Crippen molar-refractivity contribution in [2.24, 2.45) is 5.92 Å². The van der Waals surface area contributed by atoms with Gasteiger partial charge in [-0.25, -0.2) is 0 Å². The number of carbonyl (C=O) groups excluding carboxylic acids is 1. The van der Waals surface area contributed by atoms with E-state index < -0.39 is 0 Å². The lowest BCUT2D eigenvalue weighted by atomic mass is 9.83. The zero-order valence-electron chi connectivity index (χ0n) is 14.8.